The Balaban J connectivity index is 1.69. The van der Waals surface area contributed by atoms with Crippen LogP contribution in [0.5, 0.6) is 0 Å². The van der Waals surface area contributed by atoms with Crippen LogP contribution in [0.15, 0.2) is 53.9 Å². The van der Waals surface area contributed by atoms with Gasteiger partial charge in [0.25, 0.3) is 10.0 Å². The van der Waals surface area contributed by atoms with Crippen LogP contribution >= 0.6 is 0 Å². The van der Waals surface area contributed by atoms with Crippen molar-refractivity contribution in [1.29, 1.82) is 0 Å². The molecular weight excluding hydrogens is 376 g/mol. The van der Waals surface area contributed by atoms with Crippen LogP contribution in [0, 0.1) is 13.8 Å². The van der Waals surface area contributed by atoms with E-state index in [1.807, 2.05) is 36.6 Å². The van der Waals surface area contributed by atoms with Crippen molar-refractivity contribution in [2.75, 3.05) is 4.72 Å². The summed E-state index contributed by atoms with van der Waals surface area (Å²) < 4.78 is 31.7. The summed E-state index contributed by atoms with van der Waals surface area (Å²) in [6, 6.07) is 8.99. The third-order valence-electron chi connectivity index (χ3n) is 4.60. The third-order valence-corrected chi connectivity index (χ3v) is 5.85. The molecule has 144 valence electrons. The van der Waals surface area contributed by atoms with E-state index in [-0.39, 0.29) is 5.03 Å². The number of sulfonamides is 1. The summed E-state index contributed by atoms with van der Waals surface area (Å²) in [7, 11) is -3.78. The van der Waals surface area contributed by atoms with E-state index in [4.69, 9.17) is 0 Å². The zero-order chi connectivity index (χ0) is 19.9. The first-order valence-corrected chi connectivity index (χ1v) is 10.3. The van der Waals surface area contributed by atoms with Crippen LogP contribution in [-0.4, -0.2) is 32.3 Å². The van der Waals surface area contributed by atoms with Crippen LogP contribution in [-0.2, 0) is 16.6 Å². The van der Waals surface area contributed by atoms with E-state index in [1.54, 1.807) is 42.1 Å². The SMILES string of the molecule is CCn1cc(S(=O)(=O)Nc2cccc(-c3nc4ncccn4c3C)c2)nc1C. The first-order chi connectivity index (χ1) is 13.4. The molecule has 3 aromatic heterocycles. The number of benzene rings is 1. The molecule has 0 unspecified atom stereocenters. The molecule has 0 saturated heterocycles. The van der Waals surface area contributed by atoms with Gasteiger partial charge in [-0.05, 0) is 39.0 Å². The molecule has 0 aliphatic carbocycles. The topological polar surface area (TPSA) is 94.2 Å². The molecule has 0 spiro atoms. The number of hydrogen-bond acceptors (Lipinski definition) is 5. The maximum atomic E-state index is 12.7. The van der Waals surface area contributed by atoms with Gasteiger partial charge in [-0.15, -0.1) is 0 Å². The van der Waals surface area contributed by atoms with Gasteiger partial charge < -0.3 is 4.57 Å². The molecule has 1 aromatic carbocycles. The van der Waals surface area contributed by atoms with E-state index in [2.05, 4.69) is 19.7 Å². The van der Waals surface area contributed by atoms with Gasteiger partial charge in [0.15, 0.2) is 5.03 Å². The van der Waals surface area contributed by atoms with E-state index in [1.165, 1.54) is 0 Å². The van der Waals surface area contributed by atoms with Crippen LogP contribution in [0.1, 0.15) is 18.4 Å². The number of nitrogens with one attached hydrogen (secondary N) is 1. The molecule has 0 aliphatic rings. The Bertz CT molecular complexity index is 1270. The van der Waals surface area contributed by atoms with Gasteiger partial charge in [0, 0.05) is 42.1 Å². The average Bonchev–Trinajstić information content (AvgIpc) is 3.22. The number of aromatic nitrogens is 5. The molecule has 9 heteroatoms. The highest BCUT2D eigenvalue weighted by Gasteiger charge is 2.20. The fraction of sp³-hybridized carbons (Fsp3) is 0.211. The predicted molar refractivity (Wildman–Crippen MR) is 107 cm³/mol. The second-order valence-electron chi connectivity index (χ2n) is 6.43. The van der Waals surface area contributed by atoms with Crippen LogP contribution in [0.4, 0.5) is 5.69 Å². The molecule has 0 atom stereocenters. The van der Waals surface area contributed by atoms with Crippen LogP contribution in [0.3, 0.4) is 0 Å². The lowest BCUT2D eigenvalue weighted by atomic mass is 10.1. The molecule has 4 aromatic rings. The summed E-state index contributed by atoms with van der Waals surface area (Å²) in [4.78, 5) is 13.0. The Morgan fingerprint density at radius 2 is 1.96 bits per heavy atom. The Labute approximate surface area is 163 Å². The van der Waals surface area contributed by atoms with Crippen molar-refractivity contribution in [2.24, 2.45) is 0 Å². The van der Waals surface area contributed by atoms with Gasteiger partial charge in [-0.25, -0.2) is 15.0 Å². The van der Waals surface area contributed by atoms with Crippen molar-refractivity contribution in [3.63, 3.8) is 0 Å². The van der Waals surface area contributed by atoms with Crippen molar-refractivity contribution < 1.29 is 8.42 Å². The van der Waals surface area contributed by atoms with E-state index >= 15 is 0 Å². The van der Waals surface area contributed by atoms with Crippen molar-refractivity contribution >= 4 is 21.5 Å². The molecular formula is C19H20N6O2S. The normalized spacial score (nSPS) is 11.8. The fourth-order valence-electron chi connectivity index (χ4n) is 3.14. The zero-order valence-electron chi connectivity index (χ0n) is 15.8. The second kappa shape index (κ2) is 6.75. The van der Waals surface area contributed by atoms with E-state index in [0.717, 1.165) is 17.0 Å². The monoisotopic (exact) mass is 396 g/mol. The van der Waals surface area contributed by atoms with Gasteiger partial charge in [0.1, 0.15) is 5.82 Å². The van der Waals surface area contributed by atoms with Crippen LogP contribution in [0.2, 0.25) is 0 Å². The molecule has 4 rings (SSSR count). The summed E-state index contributed by atoms with van der Waals surface area (Å²) in [5.74, 6) is 1.26. The summed E-state index contributed by atoms with van der Waals surface area (Å²) in [5.41, 5.74) is 2.94. The Morgan fingerprint density at radius 1 is 1.14 bits per heavy atom. The lowest BCUT2D eigenvalue weighted by Crippen LogP contribution is -2.13. The summed E-state index contributed by atoms with van der Waals surface area (Å²) in [6.07, 6.45) is 5.13. The van der Waals surface area contributed by atoms with Gasteiger partial charge >= 0.3 is 0 Å². The summed E-state index contributed by atoms with van der Waals surface area (Å²) in [5, 5.41) is 0.00497. The molecule has 0 aliphatic heterocycles. The summed E-state index contributed by atoms with van der Waals surface area (Å²) in [6.45, 7) is 6.33. The molecule has 28 heavy (non-hydrogen) atoms. The van der Waals surface area contributed by atoms with Gasteiger partial charge in [-0.1, -0.05) is 12.1 Å². The minimum atomic E-state index is -3.78. The minimum Gasteiger partial charge on any atom is -0.334 e. The third kappa shape index (κ3) is 3.13. The minimum absolute atomic E-state index is 0.00497. The summed E-state index contributed by atoms with van der Waals surface area (Å²) >= 11 is 0. The van der Waals surface area contributed by atoms with E-state index in [0.29, 0.717) is 23.8 Å². The van der Waals surface area contributed by atoms with Crippen molar-refractivity contribution in [3.05, 3.63) is 60.4 Å². The Hall–Kier alpha value is -3.20. The Kier molecular flexibility index (Phi) is 4.38. The van der Waals surface area contributed by atoms with Crippen molar-refractivity contribution in [3.8, 4) is 11.3 Å². The molecule has 0 amide bonds. The van der Waals surface area contributed by atoms with Gasteiger partial charge in [-0.2, -0.15) is 8.42 Å². The van der Waals surface area contributed by atoms with Gasteiger partial charge in [0.2, 0.25) is 5.78 Å². The number of aryl methyl sites for hydroxylation is 3. The highest BCUT2D eigenvalue weighted by molar-refractivity contribution is 7.92. The maximum Gasteiger partial charge on any atom is 0.280 e. The molecule has 3 heterocycles. The fourth-order valence-corrected chi connectivity index (χ4v) is 4.20. The first kappa shape index (κ1) is 18.2. The maximum absolute atomic E-state index is 12.7. The first-order valence-electron chi connectivity index (χ1n) is 8.86. The Morgan fingerprint density at radius 3 is 2.68 bits per heavy atom. The number of hydrogen-bond donors (Lipinski definition) is 1. The van der Waals surface area contributed by atoms with Crippen molar-refractivity contribution in [2.45, 2.75) is 32.3 Å². The molecule has 1 N–H and O–H groups in total. The lowest BCUT2D eigenvalue weighted by Gasteiger charge is -2.07. The van der Waals surface area contributed by atoms with Crippen molar-refractivity contribution in [1.82, 2.24) is 23.9 Å². The second-order valence-corrected chi connectivity index (χ2v) is 8.06. The zero-order valence-corrected chi connectivity index (χ0v) is 16.6. The predicted octanol–water partition coefficient (Wildman–Crippen LogP) is 3.03. The number of imidazole rings is 2. The highest BCUT2D eigenvalue weighted by atomic mass is 32.2. The number of fused-ring (bicyclic) bond motifs is 1. The van der Waals surface area contributed by atoms with Gasteiger partial charge in [-0.3, -0.25) is 9.12 Å². The largest absolute Gasteiger partial charge is 0.334 e. The molecule has 0 radical (unpaired) electrons. The molecule has 0 saturated carbocycles. The van der Waals surface area contributed by atoms with Gasteiger partial charge in [0.05, 0.1) is 5.69 Å². The molecule has 8 nitrogen and oxygen atoms in total. The average molecular weight is 396 g/mol. The number of anilines is 1. The molecule has 0 bridgehead atoms. The quantitative estimate of drug-likeness (QED) is 0.560. The van der Waals surface area contributed by atoms with Crippen LogP contribution in [0.25, 0.3) is 17.0 Å². The smallest absolute Gasteiger partial charge is 0.280 e. The molecule has 0 fully saturated rings. The number of nitrogens with zero attached hydrogens (tertiary/aromatic N) is 5. The van der Waals surface area contributed by atoms with E-state index < -0.39 is 10.0 Å². The standard InChI is InChI=1S/C19H20N6O2S/c1-4-24-12-17(21-14(24)3)28(26,27)23-16-8-5-7-15(11-16)18-13(2)25-10-6-9-20-19(25)22-18/h5-12,23H,4H2,1-3H3. The van der Waals surface area contributed by atoms with E-state index in [9.17, 15) is 8.42 Å². The highest BCUT2D eigenvalue weighted by Crippen LogP contribution is 2.26. The van der Waals surface area contributed by atoms with Crippen LogP contribution < -0.4 is 4.72 Å². The number of rotatable bonds is 5. The lowest BCUT2D eigenvalue weighted by molar-refractivity contribution is 0.598.